The van der Waals surface area contributed by atoms with Gasteiger partial charge in [0, 0.05) is 75.0 Å². The zero-order valence-corrected chi connectivity index (χ0v) is 39.9. The van der Waals surface area contributed by atoms with Gasteiger partial charge in [-0.1, -0.05) is 62.3 Å². The molecule has 1 amide bonds. The summed E-state index contributed by atoms with van der Waals surface area (Å²) in [7, 11) is 1.58. The first-order valence-corrected chi connectivity index (χ1v) is 22.6. The van der Waals surface area contributed by atoms with E-state index in [2.05, 4.69) is 29.0 Å². The summed E-state index contributed by atoms with van der Waals surface area (Å²) in [4.78, 5) is 58.5. The number of piperidine rings is 1. The first-order chi connectivity index (χ1) is 30.4. The van der Waals surface area contributed by atoms with Gasteiger partial charge in [0.05, 0.1) is 46.5 Å². The Balaban J connectivity index is 1.38. The fraction of sp³-hybridized carbons (Fsp3) is 0.592. The zero-order chi connectivity index (χ0) is 48.1. The van der Waals surface area contributed by atoms with Gasteiger partial charge in [0.1, 0.15) is 34.5 Å². The highest BCUT2D eigenvalue weighted by atomic mass is 19.1. The maximum absolute atomic E-state index is 14.7. The predicted octanol–water partition coefficient (Wildman–Crippen LogP) is 6.77. The Morgan fingerprint density at radius 3 is 2.25 bits per heavy atom. The van der Waals surface area contributed by atoms with Gasteiger partial charge < -0.3 is 44.5 Å². The van der Waals surface area contributed by atoms with Crippen molar-refractivity contribution >= 4 is 34.1 Å². The Kier molecular flexibility index (Phi) is 14.1. The van der Waals surface area contributed by atoms with E-state index in [0.29, 0.717) is 31.8 Å². The molecule has 3 aromatic rings. The van der Waals surface area contributed by atoms with Crippen LogP contribution in [0.2, 0.25) is 0 Å². The van der Waals surface area contributed by atoms with E-state index < -0.39 is 76.1 Å². The minimum atomic E-state index is -1.85. The fourth-order valence-electron chi connectivity index (χ4n) is 9.16. The van der Waals surface area contributed by atoms with Crippen molar-refractivity contribution in [3.63, 3.8) is 0 Å². The molecule has 0 radical (unpaired) electrons. The van der Waals surface area contributed by atoms with Crippen LogP contribution < -0.4 is 20.8 Å². The highest BCUT2D eigenvalue weighted by Crippen LogP contribution is 2.50. The lowest BCUT2D eigenvalue weighted by atomic mass is 9.69. The summed E-state index contributed by atoms with van der Waals surface area (Å²) in [6.45, 7) is 24.1. The van der Waals surface area contributed by atoms with Crippen molar-refractivity contribution in [3.05, 3.63) is 64.0 Å². The summed E-state index contributed by atoms with van der Waals surface area (Å²) in [6.07, 6.45) is 4.16. The van der Waals surface area contributed by atoms with Crippen LogP contribution in [-0.4, -0.2) is 99.4 Å². The summed E-state index contributed by atoms with van der Waals surface area (Å²) in [6, 6.07) is 1.02. The first kappa shape index (κ1) is 49.2. The molecule has 1 aromatic heterocycles. The molecule has 65 heavy (non-hydrogen) atoms. The van der Waals surface area contributed by atoms with Gasteiger partial charge in [-0.3, -0.25) is 24.6 Å². The number of ether oxygens (including phenoxy) is 4. The molecule has 1 spiro atoms. The normalized spacial score (nSPS) is 21.0. The number of likely N-dealkylation sites (tertiary alicyclic amines) is 1. The largest absolute Gasteiger partial charge is 0.507 e. The second-order valence-electron chi connectivity index (χ2n) is 19.7. The summed E-state index contributed by atoms with van der Waals surface area (Å²) in [5, 5.41) is 39.3. The molecule has 354 valence electrons. The maximum Gasteiger partial charge on any atom is 0.340 e. The van der Waals surface area contributed by atoms with Crippen LogP contribution in [0.15, 0.2) is 40.8 Å². The lowest BCUT2D eigenvalue weighted by Gasteiger charge is -2.39. The lowest BCUT2D eigenvalue weighted by Crippen LogP contribution is -2.45. The molecule has 3 aliphatic heterocycles. The lowest BCUT2D eigenvalue weighted by molar-refractivity contribution is -0.129. The number of carbonyl (C=O) groups excluding carboxylic acids is 3. The number of anilines is 1. The van der Waals surface area contributed by atoms with Crippen molar-refractivity contribution in [2.75, 3.05) is 32.1 Å². The molecule has 0 saturated carbocycles. The average Bonchev–Trinajstić information content (AvgIpc) is 3.75. The number of methoxy groups -OCH3 is 1. The number of aliphatic hydroxyl groups is 1. The van der Waals surface area contributed by atoms with Gasteiger partial charge in [-0.05, 0) is 49.7 Å². The molecule has 3 aliphatic rings. The van der Waals surface area contributed by atoms with Crippen LogP contribution in [0.5, 0.6) is 17.2 Å². The second kappa shape index (κ2) is 18.6. The van der Waals surface area contributed by atoms with Gasteiger partial charge in [0.15, 0.2) is 11.4 Å². The van der Waals surface area contributed by atoms with Gasteiger partial charge in [-0.15, -0.1) is 0 Å². The quantitative estimate of drug-likeness (QED) is 0.0669. The molecular formula is C49H66FN5O10. The first-order valence-electron chi connectivity index (χ1n) is 22.6. The number of fused-ring (bicyclic) bond motifs is 5. The van der Waals surface area contributed by atoms with E-state index >= 15 is 0 Å². The van der Waals surface area contributed by atoms with E-state index in [1.807, 2.05) is 20.8 Å². The summed E-state index contributed by atoms with van der Waals surface area (Å²) >= 11 is 0. The molecule has 0 bridgehead atoms. The van der Waals surface area contributed by atoms with E-state index in [0.717, 1.165) is 18.8 Å². The van der Waals surface area contributed by atoms with E-state index in [1.54, 1.807) is 54.7 Å². The van der Waals surface area contributed by atoms with Crippen LogP contribution >= 0.6 is 0 Å². The monoisotopic (exact) mass is 903 g/mol. The van der Waals surface area contributed by atoms with Crippen molar-refractivity contribution in [1.29, 1.82) is 0 Å². The number of rotatable bonds is 16. The van der Waals surface area contributed by atoms with Crippen molar-refractivity contribution in [1.82, 2.24) is 9.88 Å². The molecule has 6 rings (SSSR count). The number of benzene rings is 2. The Labute approximate surface area is 380 Å². The number of phenols is 2. The van der Waals surface area contributed by atoms with Crippen molar-refractivity contribution in [2.45, 2.75) is 126 Å². The number of phenolic OH excluding ortho intramolecular Hbond substituents is 2. The SMILES string of the molecule is CO[C@@H](/C=C/O[C@@]1(C)Oc2c(C)c(O)c3c(O)c(NC(=O)C(C)(C)[C@@H](C)C(C)[C@H](O)[C@@H](C)C(C)OC(=O)c4cncc(F)c4)c4c(c3c2C1=O)=NC1(CCN(CC(C)C)CC1)N=4)C(C)C. The van der Waals surface area contributed by atoms with Crippen LogP contribution in [0, 0.1) is 47.7 Å². The van der Waals surface area contributed by atoms with Gasteiger partial charge in [-0.25, -0.2) is 9.18 Å². The van der Waals surface area contributed by atoms with E-state index in [4.69, 9.17) is 28.9 Å². The topological polar surface area (TPSA) is 202 Å². The van der Waals surface area contributed by atoms with Crippen molar-refractivity contribution in [2.24, 2.45) is 45.0 Å². The van der Waals surface area contributed by atoms with Gasteiger partial charge in [0.25, 0.3) is 5.78 Å². The van der Waals surface area contributed by atoms with Crippen LogP contribution in [-0.2, 0) is 19.0 Å². The molecule has 1 fully saturated rings. The number of aromatic nitrogens is 1. The molecule has 7 atom stereocenters. The zero-order valence-electron chi connectivity index (χ0n) is 39.9. The molecule has 16 heteroatoms. The van der Waals surface area contributed by atoms with Crippen molar-refractivity contribution < 1.29 is 53.0 Å². The molecular weight excluding hydrogens is 838 g/mol. The van der Waals surface area contributed by atoms with E-state index in [9.17, 15) is 34.1 Å². The Morgan fingerprint density at radius 1 is 1.00 bits per heavy atom. The van der Waals surface area contributed by atoms with Gasteiger partial charge >= 0.3 is 11.8 Å². The number of halogens is 1. The molecule has 1 saturated heterocycles. The van der Waals surface area contributed by atoms with Crippen LogP contribution in [0.3, 0.4) is 0 Å². The number of hydrogen-bond donors (Lipinski definition) is 4. The third-order valence-electron chi connectivity index (χ3n) is 14.0. The predicted molar refractivity (Wildman–Crippen MR) is 242 cm³/mol. The third kappa shape index (κ3) is 9.31. The van der Waals surface area contributed by atoms with Crippen LogP contribution in [0.1, 0.15) is 115 Å². The number of ketones is 1. The van der Waals surface area contributed by atoms with Gasteiger partial charge in [-0.2, -0.15) is 0 Å². The third-order valence-corrected chi connectivity index (χ3v) is 14.0. The Morgan fingerprint density at radius 2 is 1.65 bits per heavy atom. The number of pyridine rings is 1. The van der Waals surface area contributed by atoms with E-state index in [1.165, 1.54) is 19.4 Å². The molecule has 15 nitrogen and oxygen atoms in total. The molecule has 4 N–H and O–H groups in total. The number of nitrogens with zero attached hydrogens (tertiary/aromatic N) is 4. The highest BCUT2D eigenvalue weighted by molar-refractivity contribution is 6.19. The number of nitrogens with one attached hydrogen (secondary N) is 1. The molecule has 4 heterocycles. The highest BCUT2D eigenvalue weighted by Gasteiger charge is 2.50. The fourth-order valence-corrected chi connectivity index (χ4v) is 9.16. The maximum atomic E-state index is 14.7. The molecule has 0 aliphatic carbocycles. The Bertz CT molecular complexity index is 2500. The van der Waals surface area contributed by atoms with Crippen molar-refractivity contribution in [3.8, 4) is 17.2 Å². The number of carbonyl (C=O) groups is 3. The summed E-state index contributed by atoms with van der Waals surface area (Å²) < 4.78 is 37.1. The number of amides is 1. The number of hydrogen-bond acceptors (Lipinski definition) is 14. The number of Topliss-reactive ketones (excluding diaryl/α,β-unsaturated/α-hetero) is 1. The smallest absolute Gasteiger partial charge is 0.340 e. The standard InChI is InChI=1S/C49H66FN5O10/c1-24(2)23-55-17-15-49(16-18-55)53-37-34-35(41(57)28(7)43-36(34)44(59)48(12,65-43)63-19-14-33(62-13)25(3)4)42(58)39(38(37)54-49)52-46(61)47(10,11)29(8)26(5)40(56)27(6)30(9)64-45(60)31-20-32(50)22-51-21-31/h14,19-22,24-27,29-30,33,40,56-58H,15-18,23H2,1-13H3,(H,52,61)/b19-14+/t26?,27-,29-,30?,33-,40-,48-/m0/s1. The van der Waals surface area contributed by atoms with E-state index in [-0.39, 0.29) is 67.4 Å². The summed E-state index contributed by atoms with van der Waals surface area (Å²) in [5.74, 6) is -6.26. The second-order valence-corrected chi connectivity index (χ2v) is 19.7. The average molecular weight is 904 g/mol. The Hall–Kier alpha value is -5.19. The number of aromatic hydroxyl groups is 2. The van der Waals surface area contributed by atoms with Gasteiger partial charge in [0.2, 0.25) is 5.91 Å². The summed E-state index contributed by atoms with van der Waals surface area (Å²) in [5.41, 5.74) is -2.08. The minimum absolute atomic E-state index is 0.0607. The van der Waals surface area contributed by atoms with Crippen LogP contribution in [0.25, 0.3) is 10.8 Å². The van der Waals surface area contributed by atoms with Crippen LogP contribution in [0.4, 0.5) is 10.1 Å². The molecule has 2 aromatic carbocycles. The number of aliphatic hydroxyl groups excluding tert-OH is 1. The minimum Gasteiger partial charge on any atom is -0.507 e. The molecule has 2 unspecified atom stereocenters. The number of esters is 1.